The Balaban J connectivity index is 1.39. The number of thioether (sulfide) groups is 1. The quantitative estimate of drug-likeness (QED) is 0.129. The van der Waals surface area contributed by atoms with Crippen molar-refractivity contribution in [3.05, 3.63) is 47.6 Å². The molecular formula is C24H31N3O5S. The summed E-state index contributed by atoms with van der Waals surface area (Å²) in [5, 5.41) is 18.3. The average Bonchev–Trinajstić information content (AvgIpc) is 3.34. The second-order valence-corrected chi connectivity index (χ2v) is 9.21. The number of esters is 1. The van der Waals surface area contributed by atoms with Gasteiger partial charge in [-0.05, 0) is 49.6 Å². The van der Waals surface area contributed by atoms with Crippen LogP contribution < -0.4 is 16.0 Å². The molecule has 33 heavy (non-hydrogen) atoms. The second-order valence-electron chi connectivity index (χ2n) is 7.93. The summed E-state index contributed by atoms with van der Waals surface area (Å²) in [4.78, 5) is 35.6. The van der Waals surface area contributed by atoms with Gasteiger partial charge in [-0.25, -0.2) is 9.59 Å². The molecule has 3 amide bonds. The molecule has 8 nitrogen and oxygen atoms in total. The van der Waals surface area contributed by atoms with Gasteiger partial charge in [0, 0.05) is 23.1 Å². The predicted octanol–water partition coefficient (Wildman–Crippen LogP) is 2.85. The van der Waals surface area contributed by atoms with Crippen LogP contribution in [0.4, 0.5) is 10.5 Å². The molecule has 0 bridgehead atoms. The van der Waals surface area contributed by atoms with Gasteiger partial charge >= 0.3 is 12.0 Å². The average molecular weight is 474 g/mol. The molecule has 1 aromatic carbocycles. The van der Waals surface area contributed by atoms with Gasteiger partial charge in [0.15, 0.2) is 0 Å². The van der Waals surface area contributed by atoms with E-state index in [4.69, 9.17) is 9.84 Å². The molecule has 0 radical (unpaired) electrons. The normalized spacial score (nSPS) is 22.1. The Morgan fingerprint density at radius 1 is 1.24 bits per heavy atom. The Morgan fingerprint density at radius 2 is 2.03 bits per heavy atom. The molecule has 2 aliphatic heterocycles. The first-order chi connectivity index (χ1) is 16.0. The lowest BCUT2D eigenvalue weighted by atomic mass is 10.0. The fraction of sp³-hybridized carbons (Fsp3) is 0.458. The van der Waals surface area contributed by atoms with Crippen molar-refractivity contribution in [2.45, 2.75) is 49.9 Å². The summed E-state index contributed by atoms with van der Waals surface area (Å²) in [6, 6.07) is 7.66. The Kier molecular flexibility index (Phi) is 9.38. The summed E-state index contributed by atoms with van der Waals surface area (Å²) in [5.74, 6) is 0.436. The van der Waals surface area contributed by atoms with Crippen LogP contribution >= 0.6 is 11.8 Å². The van der Waals surface area contributed by atoms with E-state index in [-0.39, 0.29) is 42.8 Å². The number of fused-ring (bicyclic) bond motifs is 1. The number of ether oxygens (including phenoxy) is 1. The molecule has 2 aliphatic rings. The van der Waals surface area contributed by atoms with Gasteiger partial charge in [-0.2, -0.15) is 11.8 Å². The molecule has 3 atom stereocenters. The Bertz CT molecular complexity index is 900. The van der Waals surface area contributed by atoms with Gasteiger partial charge in [-0.1, -0.05) is 24.6 Å². The zero-order valence-electron chi connectivity index (χ0n) is 18.7. The van der Waals surface area contributed by atoms with Gasteiger partial charge < -0.3 is 25.8 Å². The van der Waals surface area contributed by atoms with Crippen LogP contribution in [0.25, 0.3) is 6.08 Å². The topological polar surface area (TPSA) is 117 Å². The molecule has 2 heterocycles. The highest BCUT2D eigenvalue weighted by atomic mass is 32.2. The van der Waals surface area contributed by atoms with Crippen molar-refractivity contribution in [3.63, 3.8) is 0 Å². The van der Waals surface area contributed by atoms with Crippen LogP contribution in [0, 0.1) is 0 Å². The summed E-state index contributed by atoms with van der Waals surface area (Å²) in [7, 11) is 0. The first kappa shape index (κ1) is 24.9. The Morgan fingerprint density at radius 3 is 2.76 bits per heavy atom. The lowest BCUT2D eigenvalue weighted by Gasteiger charge is -2.16. The smallest absolute Gasteiger partial charge is 0.337 e. The van der Waals surface area contributed by atoms with Crippen molar-refractivity contribution >= 4 is 41.4 Å². The monoisotopic (exact) mass is 473 g/mol. The van der Waals surface area contributed by atoms with Gasteiger partial charge in [0.05, 0.1) is 30.9 Å². The molecule has 0 saturated carbocycles. The van der Waals surface area contributed by atoms with E-state index in [0.29, 0.717) is 17.4 Å². The Hall–Kier alpha value is -2.78. The number of carbonyl (C=O) groups excluding carboxylic acids is 3. The number of anilines is 1. The number of unbranched alkanes of at least 4 members (excludes halogenated alkanes) is 1. The number of amides is 3. The maximum atomic E-state index is 12.3. The fourth-order valence-electron chi connectivity index (χ4n) is 3.89. The summed E-state index contributed by atoms with van der Waals surface area (Å²) in [6.45, 7) is 1.74. The standard InChI is InChI=1S/C24H31N3O5S/c1-2-32-23(30)17(13-14-28)10-7-16-8-11-18(12-9-16)25-21(29)6-4-3-5-20-22-19(15-33-20)26-24(31)27-22/h7-13,19-20,22,28H,2-6,14-15H2,1H3,(H,25,29)(H2,26,27,31)/b10-7+,17-13+/t19-,20-,22-/m0/s1. The van der Waals surface area contributed by atoms with Crippen molar-refractivity contribution in [2.24, 2.45) is 0 Å². The lowest BCUT2D eigenvalue weighted by molar-refractivity contribution is -0.138. The van der Waals surface area contributed by atoms with E-state index in [2.05, 4.69) is 16.0 Å². The highest BCUT2D eigenvalue weighted by molar-refractivity contribution is 8.00. The van der Waals surface area contributed by atoms with E-state index >= 15 is 0 Å². The van der Waals surface area contributed by atoms with E-state index in [1.54, 1.807) is 19.1 Å². The predicted molar refractivity (Wildman–Crippen MR) is 130 cm³/mol. The van der Waals surface area contributed by atoms with Crippen LogP contribution in [-0.4, -0.2) is 59.3 Å². The van der Waals surface area contributed by atoms with Gasteiger partial charge in [0.1, 0.15) is 0 Å². The van der Waals surface area contributed by atoms with Crippen LogP contribution in [0.2, 0.25) is 0 Å². The largest absolute Gasteiger partial charge is 0.462 e. The third-order valence-electron chi connectivity index (χ3n) is 5.55. The van der Waals surface area contributed by atoms with Gasteiger partial charge in [0.25, 0.3) is 0 Å². The number of benzene rings is 1. The molecule has 2 fully saturated rings. The zero-order valence-corrected chi connectivity index (χ0v) is 19.5. The van der Waals surface area contributed by atoms with E-state index in [9.17, 15) is 14.4 Å². The molecule has 3 rings (SSSR count). The molecule has 0 aliphatic carbocycles. The maximum absolute atomic E-state index is 12.3. The molecule has 0 spiro atoms. The fourth-order valence-corrected chi connectivity index (χ4v) is 5.44. The minimum Gasteiger partial charge on any atom is -0.462 e. The summed E-state index contributed by atoms with van der Waals surface area (Å²) < 4.78 is 4.96. The minimum absolute atomic E-state index is 0.0263. The highest BCUT2D eigenvalue weighted by Crippen LogP contribution is 2.33. The van der Waals surface area contributed by atoms with Crippen molar-refractivity contribution in [2.75, 3.05) is 24.3 Å². The molecule has 178 valence electrons. The van der Waals surface area contributed by atoms with Crippen molar-refractivity contribution in [3.8, 4) is 0 Å². The SMILES string of the molecule is CCOC(=O)C(/C=C/c1ccc(NC(=O)CCCC[C@@H]2SC[C@@H]3NC(=O)N[C@@H]32)cc1)=C/CO. The van der Waals surface area contributed by atoms with Crippen LogP contribution in [0.5, 0.6) is 0 Å². The molecular weight excluding hydrogens is 442 g/mol. The molecule has 0 aromatic heterocycles. The highest BCUT2D eigenvalue weighted by Gasteiger charge is 2.42. The molecule has 9 heteroatoms. The second kappa shape index (κ2) is 12.5. The molecule has 0 unspecified atom stereocenters. The third-order valence-corrected chi connectivity index (χ3v) is 7.06. The van der Waals surface area contributed by atoms with Crippen LogP contribution in [0.1, 0.15) is 38.2 Å². The molecule has 2 saturated heterocycles. The van der Waals surface area contributed by atoms with Gasteiger partial charge in [-0.15, -0.1) is 0 Å². The first-order valence-corrected chi connectivity index (χ1v) is 12.3. The van der Waals surface area contributed by atoms with E-state index in [0.717, 1.165) is 30.6 Å². The van der Waals surface area contributed by atoms with Gasteiger partial charge in [-0.3, -0.25) is 4.79 Å². The molecule has 1 aromatic rings. The summed E-state index contributed by atoms with van der Waals surface area (Å²) in [6.07, 6.45) is 7.92. The minimum atomic E-state index is -0.484. The van der Waals surface area contributed by atoms with Gasteiger partial charge in [0.2, 0.25) is 5.91 Å². The van der Waals surface area contributed by atoms with Crippen molar-refractivity contribution in [1.82, 2.24) is 10.6 Å². The van der Waals surface area contributed by atoms with E-state index in [1.165, 1.54) is 6.08 Å². The lowest BCUT2D eigenvalue weighted by Crippen LogP contribution is -2.36. The van der Waals surface area contributed by atoms with E-state index < -0.39 is 5.97 Å². The summed E-state index contributed by atoms with van der Waals surface area (Å²) >= 11 is 1.89. The number of hydrogen-bond acceptors (Lipinski definition) is 6. The number of urea groups is 1. The zero-order chi connectivity index (χ0) is 23.6. The number of carbonyl (C=O) groups is 3. The van der Waals surface area contributed by atoms with Crippen molar-refractivity contribution in [1.29, 1.82) is 0 Å². The molecule has 4 N–H and O–H groups in total. The number of aliphatic hydroxyl groups excluding tert-OH is 1. The number of rotatable bonds is 11. The summed E-state index contributed by atoms with van der Waals surface area (Å²) in [5.41, 5.74) is 1.85. The number of aliphatic hydroxyl groups is 1. The van der Waals surface area contributed by atoms with Crippen LogP contribution in [0.3, 0.4) is 0 Å². The van der Waals surface area contributed by atoms with Crippen molar-refractivity contribution < 1.29 is 24.2 Å². The first-order valence-electron chi connectivity index (χ1n) is 11.2. The number of hydrogen-bond donors (Lipinski definition) is 4. The Labute approximate surface area is 198 Å². The van der Waals surface area contributed by atoms with Crippen LogP contribution in [0.15, 0.2) is 42.0 Å². The maximum Gasteiger partial charge on any atom is 0.337 e. The van der Waals surface area contributed by atoms with E-state index in [1.807, 2.05) is 36.0 Å². The third kappa shape index (κ3) is 7.36. The number of nitrogens with one attached hydrogen (secondary N) is 3. The van der Waals surface area contributed by atoms with Crippen LogP contribution in [-0.2, 0) is 14.3 Å².